The Bertz CT molecular complexity index is 1160. The number of imidazole rings is 1. The second kappa shape index (κ2) is 11.8. The number of nitrogens with zero attached hydrogens (tertiary/aromatic N) is 3. The molecule has 1 aromatic heterocycles. The molecule has 4 rings (SSSR count). The molecule has 2 fully saturated rings. The first-order chi connectivity index (χ1) is 17.9. The number of hydrogen-bond acceptors (Lipinski definition) is 5. The number of carbonyl (C=O) groups is 3. The summed E-state index contributed by atoms with van der Waals surface area (Å²) in [6, 6.07) is 7.86. The molecular formula is C29H38N4O4. The molecule has 2 heterocycles. The highest BCUT2D eigenvalue weighted by Crippen LogP contribution is 2.42. The van der Waals surface area contributed by atoms with Crippen LogP contribution in [-0.2, 0) is 32.7 Å². The van der Waals surface area contributed by atoms with Crippen LogP contribution in [0, 0.1) is 0 Å². The lowest BCUT2D eigenvalue weighted by Crippen LogP contribution is -2.34. The molecule has 1 aliphatic heterocycles. The molecule has 8 nitrogen and oxygen atoms in total. The van der Waals surface area contributed by atoms with Crippen LogP contribution < -0.4 is 5.32 Å². The summed E-state index contributed by atoms with van der Waals surface area (Å²) in [5.74, 6) is 0.419. The van der Waals surface area contributed by atoms with Crippen molar-refractivity contribution in [2.45, 2.75) is 83.6 Å². The Balaban J connectivity index is 1.64. The summed E-state index contributed by atoms with van der Waals surface area (Å²) in [6.07, 6.45) is 11.9. The van der Waals surface area contributed by atoms with Gasteiger partial charge < -0.3 is 9.30 Å². The summed E-state index contributed by atoms with van der Waals surface area (Å²) in [5, 5.41) is 2.42. The second-order valence-corrected chi connectivity index (χ2v) is 10.1. The fourth-order valence-electron chi connectivity index (χ4n) is 5.44. The molecule has 2 aromatic rings. The number of imide groups is 1. The lowest BCUT2D eigenvalue weighted by molar-refractivity contribution is -0.147. The average Bonchev–Trinajstić information content (AvgIpc) is 3.61. The Morgan fingerprint density at radius 2 is 1.81 bits per heavy atom. The van der Waals surface area contributed by atoms with Crippen LogP contribution in [0.5, 0.6) is 0 Å². The predicted molar refractivity (Wildman–Crippen MR) is 142 cm³/mol. The molecule has 1 aliphatic carbocycles. The van der Waals surface area contributed by atoms with Crippen LogP contribution >= 0.6 is 0 Å². The standard InChI is InChI=1S/C29H38N4O4/c1-4-6-10-25-30-19-23(18-24-26(34)31-28(36)32(24)17-7-5-2)33(25)20-21-11-13-22(14-12-21)29(27(35)37-3)15-8-9-16-29/h11-14,18-19H,4-10,15-17,20H2,1-3H3,(H,31,34,36)/b24-18+. The van der Waals surface area contributed by atoms with Crippen LogP contribution in [0.2, 0.25) is 0 Å². The Morgan fingerprint density at radius 1 is 1.11 bits per heavy atom. The summed E-state index contributed by atoms with van der Waals surface area (Å²) < 4.78 is 7.29. The zero-order valence-corrected chi connectivity index (χ0v) is 22.2. The monoisotopic (exact) mass is 506 g/mol. The van der Waals surface area contributed by atoms with Gasteiger partial charge in [0.05, 0.1) is 24.4 Å². The molecule has 1 aromatic carbocycles. The minimum absolute atomic E-state index is 0.153. The molecule has 0 atom stereocenters. The van der Waals surface area contributed by atoms with Gasteiger partial charge in [-0.25, -0.2) is 9.78 Å². The molecular weight excluding hydrogens is 468 g/mol. The van der Waals surface area contributed by atoms with Gasteiger partial charge in [-0.05, 0) is 42.9 Å². The lowest BCUT2D eigenvalue weighted by atomic mass is 9.78. The predicted octanol–water partition coefficient (Wildman–Crippen LogP) is 4.95. The number of aromatic nitrogens is 2. The molecule has 3 amide bonds. The van der Waals surface area contributed by atoms with Crippen LogP contribution in [0.15, 0.2) is 36.2 Å². The minimum Gasteiger partial charge on any atom is -0.468 e. The quantitative estimate of drug-likeness (QED) is 0.264. The van der Waals surface area contributed by atoms with E-state index >= 15 is 0 Å². The number of aryl methyl sites for hydroxylation is 1. The van der Waals surface area contributed by atoms with Crippen molar-refractivity contribution in [3.05, 3.63) is 58.8 Å². The number of unbranched alkanes of at least 4 members (excludes halogenated alkanes) is 2. The van der Waals surface area contributed by atoms with E-state index in [0.717, 1.165) is 80.4 Å². The van der Waals surface area contributed by atoms with Crippen molar-refractivity contribution >= 4 is 24.0 Å². The molecule has 1 N–H and O–H groups in total. The van der Waals surface area contributed by atoms with Gasteiger partial charge in [0.25, 0.3) is 5.91 Å². The maximum absolute atomic E-state index is 12.7. The van der Waals surface area contributed by atoms with E-state index in [9.17, 15) is 14.4 Å². The smallest absolute Gasteiger partial charge is 0.329 e. The van der Waals surface area contributed by atoms with Crippen molar-refractivity contribution in [1.82, 2.24) is 19.8 Å². The van der Waals surface area contributed by atoms with Gasteiger partial charge in [-0.1, -0.05) is 63.8 Å². The zero-order chi connectivity index (χ0) is 26.4. The fourth-order valence-corrected chi connectivity index (χ4v) is 5.44. The van der Waals surface area contributed by atoms with Gasteiger partial charge >= 0.3 is 12.0 Å². The first-order valence-corrected chi connectivity index (χ1v) is 13.5. The molecule has 8 heteroatoms. The van der Waals surface area contributed by atoms with Gasteiger partial charge in [0, 0.05) is 19.5 Å². The number of nitrogens with one attached hydrogen (secondary N) is 1. The molecule has 37 heavy (non-hydrogen) atoms. The highest BCUT2D eigenvalue weighted by Gasteiger charge is 2.43. The Kier molecular flexibility index (Phi) is 8.46. The summed E-state index contributed by atoms with van der Waals surface area (Å²) in [7, 11) is 1.46. The SMILES string of the molecule is CCCCc1ncc(/C=C2\C(=O)NC(=O)N2CCCC)n1Cc1ccc(C2(C(=O)OC)CCCC2)cc1. The minimum atomic E-state index is -0.547. The Morgan fingerprint density at radius 3 is 2.46 bits per heavy atom. The summed E-state index contributed by atoms with van der Waals surface area (Å²) in [6.45, 7) is 5.28. The van der Waals surface area contributed by atoms with Crippen molar-refractivity contribution in [2.24, 2.45) is 0 Å². The maximum Gasteiger partial charge on any atom is 0.329 e. The van der Waals surface area contributed by atoms with Crippen LogP contribution in [0.4, 0.5) is 4.79 Å². The third-order valence-corrected chi connectivity index (χ3v) is 7.61. The third-order valence-electron chi connectivity index (χ3n) is 7.61. The van der Waals surface area contributed by atoms with E-state index in [2.05, 4.69) is 40.8 Å². The van der Waals surface area contributed by atoms with Crippen LogP contribution in [-0.4, -0.2) is 46.0 Å². The van der Waals surface area contributed by atoms with Crippen LogP contribution in [0.25, 0.3) is 6.08 Å². The molecule has 1 saturated heterocycles. The van der Waals surface area contributed by atoms with Crippen molar-refractivity contribution in [1.29, 1.82) is 0 Å². The molecule has 0 radical (unpaired) electrons. The number of amides is 3. The Labute approximate surface area is 219 Å². The fraction of sp³-hybridized carbons (Fsp3) is 0.517. The van der Waals surface area contributed by atoms with Gasteiger partial charge in [0.2, 0.25) is 0 Å². The van der Waals surface area contributed by atoms with Crippen molar-refractivity contribution in [3.8, 4) is 0 Å². The van der Waals surface area contributed by atoms with Crippen molar-refractivity contribution < 1.29 is 19.1 Å². The summed E-state index contributed by atoms with van der Waals surface area (Å²) >= 11 is 0. The highest BCUT2D eigenvalue weighted by atomic mass is 16.5. The van der Waals surface area contributed by atoms with E-state index < -0.39 is 5.41 Å². The normalized spacial score (nSPS) is 18.0. The number of esters is 1. The van der Waals surface area contributed by atoms with E-state index in [4.69, 9.17) is 4.74 Å². The largest absolute Gasteiger partial charge is 0.468 e. The Hall–Kier alpha value is -3.42. The van der Waals surface area contributed by atoms with E-state index in [1.54, 1.807) is 12.3 Å². The first kappa shape index (κ1) is 26.6. The first-order valence-electron chi connectivity index (χ1n) is 13.5. The summed E-state index contributed by atoms with van der Waals surface area (Å²) in [4.78, 5) is 43.8. The van der Waals surface area contributed by atoms with Crippen LogP contribution in [0.3, 0.4) is 0 Å². The van der Waals surface area contributed by atoms with Crippen LogP contribution in [0.1, 0.15) is 87.9 Å². The van der Waals surface area contributed by atoms with E-state index in [0.29, 0.717) is 18.8 Å². The van der Waals surface area contributed by atoms with E-state index in [1.165, 1.54) is 12.0 Å². The van der Waals surface area contributed by atoms with Crippen molar-refractivity contribution in [3.63, 3.8) is 0 Å². The van der Waals surface area contributed by atoms with E-state index in [1.807, 2.05) is 12.1 Å². The summed E-state index contributed by atoms with van der Waals surface area (Å²) in [5.41, 5.74) is 2.69. The van der Waals surface area contributed by atoms with Gasteiger partial charge in [0.15, 0.2) is 0 Å². The number of urea groups is 1. The zero-order valence-electron chi connectivity index (χ0n) is 22.2. The number of benzene rings is 1. The number of methoxy groups -OCH3 is 1. The number of ether oxygens (including phenoxy) is 1. The second-order valence-electron chi connectivity index (χ2n) is 10.1. The van der Waals surface area contributed by atoms with E-state index in [-0.39, 0.29) is 17.9 Å². The maximum atomic E-state index is 12.7. The van der Waals surface area contributed by atoms with Gasteiger partial charge in [-0.2, -0.15) is 0 Å². The lowest BCUT2D eigenvalue weighted by Gasteiger charge is -2.26. The molecule has 0 unspecified atom stereocenters. The topological polar surface area (TPSA) is 93.5 Å². The molecule has 0 bridgehead atoms. The third kappa shape index (κ3) is 5.48. The van der Waals surface area contributed by atoms with Gasteiger partial charge in [0.1, 0.15) is 11.5 Å². The molecule has 0 spiro atoms. The van der Waals surface area contributed by atoms with Gasteiger partial charge in [-0.3, -0.25) is 19.8 Å². The molecule has 198 valence electrons. The molecule has 2 aliphatic rings. The average molecular weight is 507 g/mol. The number of carbonyl (C=O) groups excluding carboxylic acids is 3. The number of hydrogen-bond donors (Lipinski definition) is 1. The van der Waals surface area contributed by atoms with Crippen molar-refractivity contribution in [2.75, 3.05) is 13.7 Å². The molecule has 1 saturated carbocycles. The van der Waals surface area contributed by atoms with Gasteiger partial charge in [-0.15, -0.1) is 0 Å². The highest BCUT2D eigenvalue weighted by molar-refractivity contribution is 6.13. The number of rotatable bonds is 11.